The number of amides is 1. The van der Waals surface area contributed by atoms with E-state index in [-0.39, 0.29) is 22.2 Å². The van der Waals surface area contributed by atoms with Gasteiger partial charge in [0.2, 0.25) is 5.91 Å². The van der Waals surface area contributed by atoms with Crippen LogP contribution in [0.4, 0.5) is 5.69 Å². The number of sulfonamides is 1. The number of aromatic nitrogens is 1. The molecule has 1 saturated heterocycles. The zero-order valence-corrected chi connectivity index (χ0v) is 18.9. The van der Waals surface area contributed by atoms with E-state index in [1.807, 2.05) is 26.0 Å². The summed E-state index contributed by atoms with van der Waals surface area (Å²) in [4.78, 5) is 26.5. The van der Waals surface area contributed by atoms with Crippen LogP contribution in [0.1, 0.15) is 11.1 Å². The van der Waals surface area contributed by atoms with Gasteiger partial charge in [0.1, 0.15) is 6.54 Å². The van der Waals surface area contributed by atoms with Crippen molar-refractivity contribution < 1.29 is 17.9 Å². The zero-order chi connectivity index (χ0) is 22.2. The van der Waals surface area contributed by atoms with Crippen LogP contribution >= 0.6 is 11.3 Å². The summed E-state index contributed by atoms with van der Waals surface area (Å²) in [7, 11) is -3.83. The predicted octanol–water partition coefficient (Wildman–Crippen LogP) is 2.34. The quantitative estimate of drug-likeness (QED) is 0.629. The molecule has 31 heavy (non-hydrogen) atoms. The van der Waals surface area contributed by atoms with Crippen molar-refractivity contribution in [3.63, 3.8) is 0 Å². The molecule has 0 aliphatic carbocycles. The normalized spacial score (nSPS) is 14.7. The molecule has 2 aromatic carbocycles. The summed E-state index contributed by atoms with van der Waals surface area (Å²) in [5, 5.41) is 0. The van der Waals surface area contributed by atoms with Crippen LogP contribution in [0.5, 0.6) is 0 Å². The third-order valence-corrected chi connectivity index (χ3v) is 7.54. The number of aryl methyl sites for hydroxylation is 2. The van der Waals surface area contributed by atoms with Gasteiger partial charge in [-0.1, -0.05) is 29.0 Å². The first-order valence-electron chi connectivity index (χ1n) is 9.83. The third-order valence-electron chi connectivity index (χ3n) is 5.23. The molecule has 1 aliphatic heterocycles. The van der Waals surface area contributed by atoms with Crippen molar-refractivity contribution in [1.29, 1.82) is 0 Å². The molecular formula is C21H23N3O5S2. The number of benzene rings is 2. The summed E-state index contributed by atoms with van der Waals surface area (Å²) in [6.07, 6.45) is 0. The number of ether oxygens (including phenoxy) is 1. The SMILES string of the molecule is Cc1ccc(NS(=O)(=O)c2ccc3c(c2)sc(=O)n3CC(=O)N2CCOCC2)c(C)c1. The molecule has 4 rings (SSSR count). The van der Waals surface area contributed by atoms with Crippen LogP contribution in [0.3, 0.4) is 0 Å². The molecule has 1 amide bonds. The van der Waals surface area contributed by atoms with E-state index in [4.69, 9.17) is 4.74 Å². The Balaban J connectivity index is 1.61. The molecule has 0 spiro atoms. The van der Waals surface area contributed by atoms with Crippen molar-refractivity contribution in [2.24, 2.45) is 0 Å². The molecule has 164 valence electrons. The molecule has 0 radical (unpaired) electrons. The second-order valence-electron chi connectivity index (χ2n) is 7.50. The standard InChI is InChI=1S/C21H23N3O5S2/c1-14-3-5-17(15(2)11-14)22-31(27,28)16-4-6-18-19(12-16)30-21(26)24(18)13-20(25)23-7-9-29-10-8-23/h3-6,11-12,22H,7-10,13H2,1-2H3. The van der Waals surface area contributed by atoms with Gasteiger partial charge in [-0.2, -0.15) is 0 Å². The van der Waals surface area contributed by atoms with Gasteiger partial charge in [-0.3, -0.25) is 18.9 Å². The van der Waals surface area contributed by atoms with Crippen LogP contribution in [-0.2, 0) is 26.1 Å². The maximum Gasteiger partial charge on any atom is 0.308 e. The molecule has 8 nitrogen and oxygen atoms in total. The number of nitrogens with one attached hydrogen (secondary N) is 1. The molecule has 0 bridgehead atoms. The lowest BCUT2D eigenvalue weighted by atomic mass is 10.1. The number of morpholine rings is 1. The van der Waals surface area contributed by atoms with Gasteiger partial charge in [0.15, 0.2) is 0 Å². The molecule has 2 heterocycles. The average Bonchev–Trinajstić information content (AvgIpc) is 3.05. The second-order valence-corrected chi connectivity index (χ2v) is 10.2. The monoisotopic (exact) mass is 461 g/mol. The van der Waals surface area contributed by atoms with Gasteiger partial charge in [-0.25, -0.2) is 8.42 Å². The van der Waals surface area contributed by atoms with Crippen LogP contribution in [0, 0.1) is 13.8 Å². The summed E-state index contributed by atoms with van der Waals surface area (Å²) in [6.45, 7) is 5.68. The van der Waals surface area contributed by atoms with E-state index in [0.29, 0.717) is 42.2 Å². The first kappa shape index (κ1) is 21.5. The van der Waals surface area contributed by atoms with Crippen LogP contribution in [-0.4, -0.2) is 50.1 Å². The van der Waals surface area contributed by atoms with Gasteiger partial charge in [0, 0.05) is 13.1 Å². The Morgan fingerprint density at radius 1 is 1.13 bits per heavy atom. The third kappa shape index (κ3) is 4.51. The molecule has 0 atom stereocenters. The number of hydrogen-bond acceptors (Lipinski definition) is 6. The van der Waals surface area contributed by atoms with Crippen molar-refractivity contribution >= 4 is 43.2 Å². The van der Waals surface area contributed by atoms with Gasteiger partial charge in [0.25, 0.3) is 10.0 Å². The fourth-order valence-corrected chi connectivity index (χ4v) is 5.70. The topological polar surface area (TPSA) is 97.7 Å². The highest BCUT2D eigenvalue weighted by molar-refractivity contribution is 7.92. The van der Waals surface area contributed by atoms with E-state index in [9.17, 15) is 18.0 Å². The summed E-state index contributed by atoms with van der Waals surface area (Å²) >= 11 is 0.929. The number of nitrogens with zero attached hydrogens (tertiary/aromatic N) is 2. The lowest BCUT2D eigenvalue weighted by Crippen LogP contribution is -2.43. The number of thiazole rings is 1. The molecule has 0 unspecified atom stereocenters. The van der Waals surface area contributed by atoms with Crippen LogP contribution in [0.25, 0.3) is 10.2 Å². The molecule has 10 heteroatoms. The summed E-state index contributed by atoms with van der Waals surface area (Å²) in [5.41, 5.74) is 2.91. The number of carbonyl (C=O) groups is 1. The molecular weight excluding hydrogens is 438 g/mol. The van der Waals surface area contributed by atoms with Crippen molar-refractivity contribution in [2.75, 3.05) is 31.0 Å². The average molecular weight is 462 g/mol. The lowest BCUT2D eigenvalue weighted by molar-refractivity contribution is -0.135. The number of carbonyl (C=O) groups excluding carboxylic acids is 1. The fourth-order valence-electron chi connectivity index (χ4n) is 3.54. The number of anilines is 1. The highest BCUT2D eigenvalue weighted by Crippen LogP contribution is 2.25. The largest absolute Gasteiger partial charge is 0.378 e. The van der Waals surface area contributed by atoms with Crippen LogP contribution in [0.2, 0.25) is 0 Å². The van der Waals surface area contributed by atoms with E-state index in [0.717, 1.165) is 22.5 Å². The van der Waals surface area contributed by atoms with E-state index >= 15 is 0 Å². The van der Waals surface area contributed by atoms with E-state index in [1.165, 1.54) is 16.7 Å². The van der Waals surface area contributed by atoms with Crippen molar-refractivity contribution in [3.05, 3.63) is 57.2 Å². The first-order valence-corrected chi connectivity index (χ1v) is 12.1. The summed E-state index contributed by atoms with van der Waals surface area (Å²) < 4.78 is 35.6. The predicted molar refractivity (Wildman–Crippen MR) is 120 cm³/mol. The second kappa shape index (κ2) is 8.45. The summed E-state index contributed by atoms with van der Waals surface area (Å²) in [5.74, 6) is -0.154. The minimum Gasteiger partial charge on any atom is -0.378 e. The lowest BCUT2D eigenvalue weighted by Gasteiger charge is -2.26. The van der Waals surface area contributed by atoms with E-state index in [1.54, 1.807) is 17.0 Å². The Labute approximate surface area is 184 Å². The van der Waals surface area contributed by atoms with Crippen LogP contribution in [0.15, 0.2) is 46.1 Å². The highest BCUT2D eigenvalue weighted by Gasteiger charge is 2.21. The fraction of sp³-hybridized carbons (Fsp3) is 0.333. The Bertz CT molecular complexity index is 1300. The maximum absolute atomic E-state index is 12.9. The van der Waals surface area contributed by atoms with Gasteiger partial charge in [-0.15, -0.1) is 0 Å². The summed E-state index contributed by atoms with van der Waals surface area (Å²) in [6, 6.07) is 9.98. The number of rotatable bonds is 5. The highest BCUT2D eigenvalue weighted by atomic mass is 32.2. The molecule has 1 fully saturated rings. The Kier molecular flexibility index (Phi) is 5.87. The molecule has 3 aromatic rings. The number of fused-ring (bicyclic) bond motifs is 1. The Hall–Kier alpha value is -2.69. The van der Waals surface area contributed by atoms with E-state index < -0.39 is 10.0 Å². The van der Waals surface area contributed by atoms with Crippen molar-refractivity contribution in [3.8, 4) is 0 Å². The Morgan fingerprint density at radius 2 is 1.87 bits per heavy atom. The van der Waals surface area contributed by atoms with Crippen molar-refractivity contribution in [2.45, 2.75) is 25.3 Å². The smallest absolute Gasteiger partial charge is 0.308 e. The minimum absolute atomic E-state index is 0.0629. The molecule has 1 aliphatic rings. The van der Waals surface area contributed by atoms with Gasteiger partial charge >= 0.3 is 4.87 Å². The van der Waals surface area contributed by atoms with Gasteiger partial charge in [0.05, 0.1) is 34.0 Å². The molecule has 0 saturated carbocycles. The first-order chi connectivity index (χ1) is 14.7. The number of hydrogen-bond donors (Lipinski definition) is 1. The zero-order valence-electron chi connectivity index (χ0n) is 17.3. The molecule has 1 aromatic heterocycles. The molecule has 1 N–H and O–H groups in total. The van der Waals surface area contributed by atoms with Gasteiger partial charge < -0.3 is 9.64 Å². The minimum atomic E-state index is -3.83. The van der Waals surface area contributed by atoms with Gasteiger partial charge in [-0.05, 0) is 43.7 Å². The van der Waals surface area contributed by atoms with E-state index in [2.05, 4.69) is 4.72 Å². The van der Waals surface area contributed by atoms with Crippen LogP contribution < -0.4 is 9.60 Å². The Morgan fingerprint density at radius 3 is 2.58 bits per heavy atom. The maximum atomic E-state index is 12.9. The van der Waals surface area contributed by atoms with Crippen molar-refractivity contribution in [1.82, 2.24) is 9.47 Å².